The SMILES string of the molecule is O=C(CSc1ncc(-c2ccccc2)n1-c1ccccc1)Nc1cccc(Cl)c1. The maximum absolute atomic E-state index is 12.4. The summed E-state index contributed by atoms with van der Waals surface area (Å²) in [5, 5.41) is 4.22. The van der Waals surface area contributed by atoms with Crippen molar-refractivity contribution >= 4 is 35.0 Å². The van der Waals surface area contributed by atoms with Gasteiger partial charge in [0.15, 0.2) is 5.16 Å². The van der Waals surface area contributed by atoms with Gasteiger partial charge in [0.1, 0.15) is 0 Å². The second-order valence-electron chi connectivity index (χ2n) is 6.31. The molecule has 0 radical (unpaired) electrons. The zero-order chi connectivity index (χ0) is 20.1. The van der Waals surface area contributed by atoms with Gasteiger partial charge in [0.05, 0.1) is 17.6 Å². The average Bonchev–Trinajstić information content (AvgIpc) is 3.17. The van der Waals surface area contributed by atoms with Gasteiger partial charge in [-0.25, -0.2) is 4.98 Å². The Balaban J connectivity index is 1.57. The summed E-state index contributed by atoms with van der Waals surface area (Å²) in [5.74, 6) is 0.131. The van der Waals surface area contributed by atoms with Crippen LogP contribution in [-0.2, 0) is 4.79 Å². The Morgan fingerprint density at radius 2 is 1.69 bits per heavy atom. The number of aromatic nitrogens is 2. The summed E-state index contributed by atoms with van der Waals surface area (Å²) >= 11 is 7.38. The molecule has 3 aromatic carbocycles. The number of hydrogen-bond acceptors (Lipinski definition) is 3. The summed E-state index contributed by atoms with van der Waals surface area (Å²) in [6, 6.07) is 27.2. The molecule has 4 rings (SSSR count). The van der Waals surface area contributed by atoms with Crippen molar-refractivity contribution in [3.63, 3.8) is 0 Å². The van der Waals surface area contributed by atoms with Gasteiger partial charge < -0.3 is 5.32 Å². The lowest BCUT2D eigenvalue weighted by Crippen LogP contribution is -2.14. The highest BCUT2D eigenvalue weighted by Gasteiger charge is 2.15. The Bertz CT molecular complexity index is 1110. The standard InChI is InChI=1S/C23H18ClN3OS/c24-18-10-7-11-19(14-18)26-22(28)16-29-23-25-15-21(17-8-3-1-4-9-17)27(23)20-12-5-2-6-13-20/h1-15H,16H2,(H,26,28). The van der Waals surface area contributed by atoms with E-state index in [4.69, 9.17) is 11.6 Å². The summed E-state index contributed by atoms with van der Waals surface area (Å²) in [7, 11) is 0. The minimum atomic E-state index is -0.110. The molecule has 0 saturated carbocycles. The zero-order valence-electron chi connectivity index (χ0n) is 15.5. The molecule has 6 heteroatoms. The van der Waals surface area contributed by atoms with Crippen LogP contribution in [0.4, 0.5) is 5.69 Å². The topological polar surface area (TPSA) is 46.9 Å². The number of carbonyl (C=O) groups is 1. The van der Waals surface area contributed by atoms with Gasteiger partial charge in [-0.15, -0.1) is 0 Å². The van der Waals surface area contributed by atoms with Crippen LogP contribution in [0, 0.1) is 0 Å². The summed E-state index contributed by atoms with van der Waals surface area (Å²) in [5.41, 5.74) is 3.73. The van der Waals surface area contributed by atoms with Crippen LogP contribution in [0.3, 0.4) is 0 Å². The van der Waals surface area contributed by atoms with E-state index in [1.807, 2.05) is 60.8 Å². The lowest BCUT2D eigenvalue weighted by molar-refractivity contribution is -0.113. The van der Waals surface area contributed by atoms with Crippen LogP contribution in [0.25, 0.3) is 16.9 Å². The molecule has 4 nitrogen and oxygen atoms in total. The molecular formula is C23H18ClN3OS. The third kappa shape index (κ3) is 4.70. The van der Waals surface area contributed by atoms with Crippen molar-refractivity contribution < 1.29 is 4.79 Å². The van der Waals surface area contributed by atoms with E-state index in [9.17, 15) is 4.79 Å². The molecule has 144 valence electrons. The first-order chi connectivity index (χ1) is 14.2. The highest BCUT2D eigenvalue weighted by molar-refractivity contribution is 7.99. The second kappa shape index (κ2) is 8.99. The Hall–Kier alpha value is -3.02. The largest absolute Gasteiger partial charge is 0.325 e. The minimum absolute atomic E-state index is 0.110. The fourth-order valence-corrected chi connectivity index (χ4v) is 3.95. The summed E-state index contributed by atoms with van der Waals surface area (Å²) in [4.78, 5) is 17.0. The summed E-state index contributed by atoms with van der Waals surface area (Å²) < 4.78 is 2.08. The number of halogens is 1. The highest BCUT2D eigenvalue weighted by Crippen LogP contribution is 2.29. The molecule has 4 aromatic rings. The number of imidazole rings is 1. The van der Waals surface area contributed by atoms with E-state index in [0.29, 0.717) is 10.7 Å². The van der Waals surface area contributed by atoms with Gasteiger partial charge in [0.2, 0.25) is 5.91 Å². The number of carbonyl (C=O) groups excluding carboxylic acids is 1. The van der Waals surface area contributed by atoms with Gasteiger partial charge in [-0.05, 0) is 30.3 Å². The van der Waals surface area contributed by atoms with E-state index in [1.54, 1.807) is 18.2 Å². The maximum Gasteiger partial charge on any atom is 0.234 e. The Labute approximate surface area is 178 Å². The molecule has 1 heterocycles. The lowest BCUT2D eigenvalue weighted by atomic mass is 10.1. The van der Waals surface area contributed by atoms with E-state index >= 15 is 0 Å². The van der Waals surface area contributed by atoms with Crippen molar-refractivity contribution in [3.8, 4) is 16.9 Å². The molecule has 0 fully saturated rings. The maximum atomic E-state index is 12.4. The molecule has 0 atom stereocenters. The van der Waals surface area contributed by atoms with Crippen molar-refractivity contribution in [2.24, 2.45) is 0 Å². The Morgan fingerprint density at radius 3 is 2.41 bits per heavy atom. The molecule has 0 bridgehead atoms. The number of amides is 1. The van der Waals surface area contributed by atoms with Gasteiger partial charge in [-0.3, -0.25) is 9.36 Å². The monoisotopic (exact) mass is 419 g/mol. The smallest absolute Gasteiger partial charge is 0.234 e. The van der Waals surface area contributed by atoms with E-state index in [-0.39, 0.29) is 11.7 Å². The van der Waals surface area contributed by atoms with Crippen LogP contribution in [0.15, 0.2) is 96.3 Å². The number of benzene rings is 3. The van der Waals surface area contributed by atoms with Gasteiger partial charge in [-0.1, -0.05) is 78.0 Å². The Morgan fingerprint density at radius 1 is 0.966 bits per heavy atom. The molecule has 1 N–H and O–H groups in total. The van der Waals surface area contributed by atoms with Crippen molar-refractivity contribution in [2.75, 3.05) is 11.1 Å². The molecule has 1 amide bonds. The average molecular weight is 420 g/mol. The van der Waals surface area contributed by atoms with Gasteiger partial charge >= 0.3 is 0 Å². The van der Waals surface area contributed by atoms with Crippen molar-refractivity contribution in [3.05, 3.63) is 96.1 Å². The van der Waals surface area contributed by atoms with E-state index < -0.39 is 0 Å². The van der Waals surface area contributed by atoms with Crippen molar-refractivity contribution in [1.82, 2.24) is 9.55 Å². The number of rotatable bonds is 6. The summed E-state index contributed by atoms with van der Waals surface area (Å²) in [6.07, 6.45) is 1.85. The minimum Gasteiger partial charge on any atom is -0.325 e. The molecular weight excluding hydrogens is 402 g/mol. The first kappa shape index (κ1) is 19.3. The zero-order valence-corrected chi connectivity index (χ0v) is 17.0. The fraction of sp³-hybridized carbons (Fsp3) is 0.0435. The molecule has 29 heavy (non-hydrogen) atoms. The number of anilines is 1. The third-order valence-electron chi connectivity index (χ3n) is 4.25. The van der Waals surface area contributed by atoms with E-state index in [0.717, 1.165) is 22.1 Å². The van der Waals surface area contributed by atoms with Crippen LogP contribution in [0.2, 0.25) is 5.02 Å². The second-order valence-corrected chi connectivity index (χ2v) is 7.69. The van der Waals surface area contributed by atoms with Crippen LogP contribution >= 0.6 is 23.4 Å². The van der Waals surface area contributed by atoms with Gasteiger partial charge in [0, 0.05) is 22.0 Å². The lowest BCUT2D eigenvalue weighted by Gasteiger charge is -2.12. The van der Waals surface area contributed by atoms with Crippen LogP contribution in [-0.4, -0.2) is 21.2 Å². The number of hydrogen-bond donors (Lipinski definition) is 1. The van der Waals surface area contributed by atoms with Gasteiger partial charge in [-0.2, -0.15) is 0 Å². The highest BCUT2D eigenvalue weighted by atomic mass is 35.5. The predicted octanol–water partition coefficient (Wildman–Crippen LogP) is 5.92. The normalized spacial score (nSPS) is 10.7. The first-order valence-corrected chi connectivity index (χ1v) is 10.4. The van der Waals surface area contributed by atoms with Crippen LogP contribution < -0.4 is 5.32 Å². The molecule has 0 saturated heterocycles. The summed E-state index contributed by atoms with van der Waals surface area (Å²) in [6.45, 7) is 0. The van der Waals surface area contributed by atoms with Gasteiger partial charge in [0.25, 0.3) is 0 Å². The van der Waals surface area contributed by atoms with Crippen LogP contribution in [0.1, 0.15) is 0 Å². The van der Waals surface area contributed by atoms with Crippen LogP contribution in [0.5, 0.6) is 0 Å². The van der Waals surface area contributed by atoms with Crippen molar-refractivity contribution in [2.45, 2.75) is 5.16 Å². The van der Waals surface area contributed by atoms with Crippen molar-refractivity contribution in [1.29, 1.82) is 0 Å². The molecule has 0 unspecified atom stereocenters. The van der Waals surface area contributed by atoms with E-state index in [1.165, 1.54) is 11.8 Å². The molecule has 0 aliphatic rings. The molecule has 0 spiro atoms. The first-order valence-electron chi connectivity index (χ1n) is 9.07. The molecule has 0 aliphatic carbocycles. The molecule has 1 aromatic heterocycles. The number of nitrogens with zero attached hydrogens (tertiary/aromatic N) is 2. The number of nitrogens with one attached hydrogen (secondary N) is 1. The number of para-hydroxylation sites is 1. The Kier molecular flexibility index (Phi) is 5.98. The quantitative estimate of drug-likeness (QED) is 0.394. The molecule has 0 aliphatic heterocycles. The van der Waals surface area contributed by atoms with E-state index in [2.05, 4.69) is 27.0 Å². The number of thioether (sulfide) groups is 1. The predicted molar refractivity (Wildman–Crippen MR) is 120 cm³/mol. The third-order valence-corrected chi connectivity index (χ3v) is 5.44. The fourth-order valence-electron chi connectivity index (χ4n) is 2.97.